The SMILES string of the molecule is O=C(CCc1ccc(Cl)cc1)NC1CCC(C(=O)O)CC1. The van der Waals surface area contributed by atoms with Crippen LogP contribution in [-0.4, -0.2) is 23.0 Å². The van der Waals surface area contributed by atoms with Crippen LogP contribution in [0.25, 0.3) is 0 Å². The molecule has 4 nitrogen and oxygen atoms in total. The summed E-state index contributed by atoms with van der Waals surface area (Å²) in [5, 5.41) is 12.6. The molecule has 2 rings (SSSR count). The average molecular weight is 310 g/mol. The van der Waals surface area contributed by atoms with Crippen molar-refractivity contribution in [2.45, 2.75) is 44.6 Å². The predicted molar refractivity (Wildman–Crippen MR) is 81.3 cm³/mol. The van der Waals surface area contributed by atoms with Crippen molar-refractivity contribution >= 4 is 23.5 Å². The summed E-state index contributed by atoms with van der Waals surface area (Å²) in [5.74, 6) is -0.932. The highest BCUT2D eigenvalue weighted by molar-refractivity contribution is 6.30. The number of nitrogens with one attached hydrogen (secondary N) is 1. The number of carboxylic acid groups (broad SMARTS) is 1. The number of halogens is 1. The lowest BCUT2D eigenvalue weighted by Crippen LogP contribution is -2.38. The first-order valence-corrected chi connectivity index (χ1v) is 7.69. The number of carbonyl (C=O) groups excluding carboxylic acids is 1. The normalized spacial score (nSPS) is 21.8. The van der Waals surface area contributed by atoms with E-state index in [1.807, 2.05) is 24.3 Å². The van der Waals surface area contributed by atoms with E-state index >= 15 is 0 Å². The van der Waals surface area contributed by atoms with E-state index in [9.17, 15) is 9.59 Å². The molecule has 0 unspecified atom stereocenters. The Balaban J connectivity index is 1.70. The van der Waals surface area contributed by atoms with Crippen molar-refractivity contribution < 1.29 is 14.7 Å². The molecule has 0 spiro atoms. The van der Waals surface area contributed by atoms with Gasteiger partial charge < -0.3 is 10.4 Å². The predicted octanol–water partition coefficient (Wildman–Crippen LogP) is 3.03. The molecular formula is C16H20ClNO3. The highest BCUT2D eigenvalue weighted by Gasteiger charge is 2.26. The summed E-state index contributed by atoms with van der Waals surface area (Å²) in [4.78, 5) is 22.8. The van der Waals surface area contributed by atoms with E-state index in [1.165, 1.54) is 0 Å². The molecule has 0 heterocycles. The first-order valence-electron chi connectivity index (χ1n) is 7.31. The van der Waals surface area contributed by atoms with Crippen LogP contribution in [0.2, 0.25) is 5.02 Å². The van der Waals surface area contributed by atoms with Crippen molar-refractivity contribution in [2.24, 2.45) is 5.92 Å². The highest BCUT2D eigenvalue weighted by Crippen LogP contribution is 2.24. The molecule has 1 aromatic carbocycles. The summed E-state index contributed by atoms with van der Waals surface area (Å²) in [5.41, 5.74) is 1.09. The fraction of sp³-hybridized carbons (Fsp3) is 0.500. The number of carboxylic acids is 1. The maximum Gasteiger partial charge on any atom is 0.306 e. The van der Waals surface area contributed by atoms with Gasteiger partial charge in [-0.2, -0.15) is 0 Å². The van der Waals surface area contributed by atoms with Crippen molar-refractivity contribution in [2.75, 3.05) is 0 Å². The number of hydrogen-bond donors (Lipinski definition) is 2. The van der Waals surface area contributed by atoms with Gasteiger partial charge >= 0.3 is 5.97 Å². The topological polar surface area (TPSA) is 66.4 Å². The third kappa shape index (κ3) is 5.05. The third-order valence-corrected chi connectivity index (χ3v) is 4.25. The van der Waals surface area contributed by atoms with Crippen molar-refractivity contribution in [1.29, 1.82) is 0 Å². The largest absolute Gasteiger partial charge is 0.481 e. The van der Waals surface area contributed by atoms with Gasteiger partial charge in [-0.25, -0.2) is 0 Å². The Labute approximate surface area is 129 Å². The molecule has 0 aliphatic heterocycles. The molecule has 1 aliphatic carbocycles. The molecule has 0 saturated heterocycles. The summed E-state index contributed by atoms with van der Waals surface area (Å²) >= 11 is 5.82. The number of aryl methyl sites for hydroxylation is 1. The molecule has 5 heteroatoms. The van der Waals surface area contributed by atoms with Crippen molar-refractivity contribution in [3.05, 3.63) is 34.9 Å². The standard InChI is InChI=1S/C16H20ClNO3/c17-13-6-1-11(2-7-13)3-10-15(19)18-14-8-4-12(5-9-14)16(20)21/h1-2,6-7,12,14H,3-5,8-10H2,(H,18,19)(H,20,21). The van der Waals surface area contributed by atoms with Crippen LogP contribution >= 0.6 is 11.6 Å². The Kier molecular flexibility index (Phi) is 5.62. The second kappa shape index (κ2) is 7.46. The average Bonchev–Trinajstić information content (AvgIpc) is 2.47. The maximum absolute atomic E-state index is 11.9. The molecule has 1 saturated carbocycles. The van der Waals surface area contributed by atoms with Gasteiger partial charge in [0.05, 0.1) is 5.92 Å². The zero-order valence-electron chi connectivity index (χ0n) is 11.8. The molecule has 0 aromatic heterocycles. The minimum atomic E-state index is -0.720. The quantitative estimate of drug-likeness (QED) is 0.878. The minimum absolute atomic E-state index is 0.0312. The van der Waals surface area contributed by atoms with Gasteiger partial charge in [-0.3, -0.25) is 9.59 Å². The molecule has 21 heavy (non-hydrogen) atoms. The summed E-state index contributed by atoms with van der Waals surface area (Å²) in [6, 6.07) is 7.61. The molecule has 1 fully saturated rings. The number of rotatable bonds is 5. The van der Waals surface area contributed by atoms with Crippen LogP contribution in [0, 0.1) is 5.92 Å². The van der Waals surface area contributed by atoms with E-state index in [1.54, 1.807) is 0 Å². The lowest BCUT2D eigenvalue weighted by Gasteiger charge is -2.26. The first-order chi connectivity index (χ1) is 10.0. The third-order valence-electron chi connectivity index (χ3n) is 4.00. The minimum Gasteiger partial charge on any atom is -0.481 e. The first kappa shape index (κ1) is 15.8. The van der Waals surface area contributed by atoms with E-state index < -0.39 is 5.97 Å². The van der Waals surface area contributed by atoms with Gasteiger partial charge in [-0.15, -0.1) is 0 Å². The lowest BCUT2D eigenvalue weighted by molar-refractivity contribution is -0.142. The molecule has 0 atom stereocenters. The molecule has 114 valence electrons. The van der Waals surface area contributed by atoms with Gasteiger partial charge in [0, 0.05) is 17.5 Å². The molecule has 2 N–H and O–H groups in total. The summed E-state index contributed by atoms with van der Waals surface area (Å²) in [7, 11) is 0. The highest BCUT2D eigenvalue weighted by atomic mass is 35.5. The molecule has 0 bridgehead atoms. The number of carbonyl (C=O) groups is 2. The number of aliphatic carboxylic acids is 1. The zero-order chi connectivity index (χ0) is 15.2. The second-order valence-corrected chi connectivity index (χ2v) is 6.02. The van der Waals surface area contributed by atoms with E-state index in [0.717, 1.165) is 18.4 Å². The van der Waals surface area contributed by atoms with E-state index in [0.29, 0.717) is 30.7 Å². The van der Waals surface area contributed by atoms with Gasteiger partial charge in [-0.1, -0.05) is 23.7 Å². The Morgan fingerprint density at radius 1 is 1.14 bits per heavy atom. The number of amides is 1. The van der Waals surface area contributed by atoms with Gasteiger partial charge in [0.2, 0.25) is 5.91 Å². The van der Waals surface area contributed by atoms with Gasteiger partial charge in [-0.05, 0) is 49.8 Å². The fourth-order valence-corrected chi connectivity index (χ4v) is 2.82. The van der Waals surface area contributed by atoms with E-state index in [-0.39, 0.29) is 17.9 Å². The Morgan fingerprint density at radius 3 is 2.33 bits per heavy atom. The number of hydrogen-bond acceptors (Lipinski definition) is 2. The van der Waals surface area contributed by atoms with Crippen LogP contribution in [-0.2, 0) is 16.0 Å². The van der Waals surface area contributed by atoms with Crippen molar-refractivity contribution in [1.82, 2.24) is 5.32 Å². The van der Waals surface area contributed by atoms with Crippen LogP contribution in [0.15, 0.2) is 24.3 Å². The molecule has 1 aromatic rings. The Bertz CT molecular complexity index is 493. The van der Waals surface area contributed by atoms with Crippen LogP contribution in [0.1, 0.15) is 37.7 Å². The maximum atomic E-state index is 11.9. The van der Waals surface area contributed by atoms with Crippen LogP contribution in [0.4, 0.5) is 0 Å². The summed E-state index contributed by atoms with van der Waals surface area (Å²) in [6.45, 7) is 0. The Hall–Kier alpha value is -1.55. The van der Waals surface area contributed by atoms with Crippen molar-refractivity contribution in [3.8, 4) is 0 Å². The smallest absolute Gasteiger partial charge is 0.306 e. The van der Waals surface area contributed by atoms with Gasteiger partial charge in [0.25, 0.3) is 0 Å². The van der Waals surface area contributed by atoms with Gasteiger partial charge in [0.1, 0.15) is 0 Å². The zero-order valence-corrected chi connectivity index (χ0v) is 12.6. The van der Waals surface area contributed by atoms with E-state index in [4.69, 9.17) is 16.7 Å². The van der Waals surface area contributed by atoms with Crippen LogP contribution in [0.3, 0.4) is 0 Å². The summed E-state index contributed by atoms with van der Waals surface area (Å²) < 4.78 is 0. The second-order valence-electron chi connectivity index (χ2n) is 5.58. The monoisotopic (exact) mass is 309 g/mol. The van der Waals surface area contributed by atoms with Crippen LogP contribution in [0.5, 0.6) is 0 Å². The van der Waals surface area contributed by atoms with Crippen LogP contribution < -0.4 is 5.32 Å². The lowest BCUT2D eigenvalue weighted by atomic mass is 9.86. The molecule has 1 aliphatic rings. The molecule has 1 amide bonds. The fourth-order valence-electron chi connectivity index (χ4n) is 2.69. The number of benzene rings is 1. The van der Waals surface area contributed by atoms with Crippen molar-refractivity contribution in [3.63, 3.8) is 0 Å². The Morgan fingerprint density at radius 2 is 1.76 bits per heavy atom. The van der Waals surface area contributed by atoms with Gasteiger partial charge in [0.15, 0.2) is 0 Å². The summed E-state index contributed by atoms with van der Waals surface area (Å²) in [6.07, 6.45) is 3.94. The van der Waals surface area contributed by atoms with E-state index in [2.05, 4.69) is 5.32 Å². The molecule has 0 radical (unpaired) electrons. The molecular weight excluding hydrogens is 290 g/mol.